The Morgan fingerprint density at radius 2 is 1.96 bits per heavy atom. The van der Waals surface area contributed by atoms with E-state index in [9.17, 15) is 14.0 Å². The fraction of sp³-hybridized carbons (Fsp3) is 0.500. The number of hydrogen-bond donors (Lipinski definition) is 1. The predicted octanol–water partition coefficient (Wildman–Crippen LogP) is 2.08. The average molecular weight is 346 g/mol. The summed E-state index contributed by atoms with van der Waals surface area (Å²) in [4.78, 5) is 24.2. The van der Waals surface area contributed by atoms with Crippen molar-refractivity contribution in [2.24, 2.45) is 13.0 Å². The maximum absolute atomic E-state index is 13.0. The molecule has 1 aromatic carbocycles. The molecule has 7 heteroatoms. The number of aromatic nitrogens is 3. The Hall–Kier alpha value is -2.44. The highest BCUT2D eigenvalue weighted by Gasteiger charge is 2.18. The molecule has 0 saturated heterocycles. The van der Waals surface area contributed by atoms with Crippen LogP contribution in [-0.4, -0.2) is 26.8 Å². The standard InChI is InChI=1S/C18H23FN4O2/c1-22-17(14-6-8-15(19)9-7-14)21-23(18(22)25)11-10-20-16(24)12-13-4-2-3-5-13/h6-9,13H,2-5,10-12H2,1H3,(H,20,24). The Morgan fingerprint density at radius 1 is 1.28 bits per heavy atom. The minimum Gasteiger partial charge on any atom is -0.354 e. The summed E-state index contributed by atoms with van der Waals surface area (Å²) in [5, 5.41) is 7.17. The lowest BCUT2D eigenvalue weighted by Crippen LogP contribution is -2.32. The zero-order valence-electron chi connectivity index (χ0n) is 14.4. The van der Waals surface area contributed by atoms with Crippen LogP contribution < -0.4 is 11.0 Å². The third kappa shape index (κ3) is 4.15. The van der Waals surface area contributed by atoms with Crippen LogP contribution in [0.25, 0.3) is 11.4 Å². The first kappa shape index (κ1) is 17.4. The molecule has 0 radical (unpaired) electrons. The van der Waals surface area contributed by atoms with Crippen molar-refractivity contribution in [2.75, 3.05) is 6.54 Å². The first-order valence-electron chi connectivity index (χ1n) is 8.71. The van der Waals surface area contributed by atoms with Gasteiger partial charge in [-0.2, -0.15) is 0 Å². The number of nitrogens with zero attached hydrogens (tertiary/aromatic N) is 3. The number of hydrogen-bond acceptors (Lipinski definition) is 3. The lowest BCUT2D eigenvalue weighted by atomic mass is 10.0. The van der Waals surface area contributed by atoms with Crippen LogP contribution in [0.5, 0.6) is 0 Å². The van der Waals surface area contributed by atoms with Gasteiger partial charge in [-0.3, -0.25) is 9.36 Å². The fourth-order valence-corrected chi connectivity index (χ4v) is 3.33. The minimum absolute atomic E-state index is 0.0367. The molecule has 0 aliphatic heterocycles. The molecule has 1 heterocycles. The van der Waals surface area contributed by atoms with Crippen LogP contribution in [0.2, 0.25) is 0 Å². The Labute approximate surface area is 145 Å². The number of halogens is 1. The summed E-state index contributed by atoms with van der Waals surface area (Å²) in [5.74, 6) is 0.678. The normalized spacial score (nSPS) is 14.8. The van der Waals surface area contributed by atoms with Crippen molar-refractivity contribution in [1.82, 2.24) is 19.7 Å². The van der Waals surface area contributed by atoms with Crippen molar-refractivity contribution in [3.8, 4) is 11.4 Å². The summed E-state index contributed by atoms with van der Waals surface area (Å²) in [5.41, 5.74) is 0.411. The van der Waals surface area contributed by atoms with Crippen LogP contribution in [-0.2, 0) is 18.4 Å². The monoisotopic (exact) mass is 346 g/mol. The van der Waals surface area contributed by atoms with Crippen LogP contribution in [0.1, 0.15) is 32.1 Å². The molecule has 1 N–H and O–H groups in total. The van der Waals surface area contributed by atoms with E-state index in [4.69, 9.17) is 0 Å². The van der Waals surface area contributed by atoms with Crippen molar-refractivity contribution >= 4 is 5.91 Å². The van der Waals surface area contributed by atoms with E-state index in [1.165, 1.54) is 34.2 Å². The second-order valence-corrected chi connectivity index (χ2v) is 6.60. The van der Waals surface area contributed by atoms with E-state index >= 15 is 0 Å². The van der Waals surface area contributed by atoms with Gasteiger partial charge in [0.1, 0.15) is 5.82 Å². The molecule has 0 atom stereocenters. The molecule has 1 aliphatic carbocycles. The number of carbonyl (C=O) groups excluding carboxylic acids is 1. The van der Waals surface area contributed by atoms with Gasteiger partial charge in [0.2, 0.25) is 5.91 Å². The quantitative estimate of drug-likeness (QED) is 0.871. The van der Waals surface area contributed by atoms with Gasteiger partial charge in [0.15, 0.2) is 5.82 Å². The van der Waals surface area contributed by atoms with Gasteiger partial charge in [-0.25, -0.2) is 13.9 Å². The maximum Gasteiger partial charge on any atom is 0.345 e. The van der Waals surface area contributed by atoms with E-state index in [-0.39, 0.29) is 17.4 Å². The third-order valence-corrected chi connectivity index (χ3v) is 4.74. The highest BCUT2D eigenvalue weighted by molar-refractivity contribution is 5.76. The van der Waals surface area contributed by atoms with Crippen molar-refractivity contribution in [3.05, 3.63) is 40.6 Å². The SMILES string of the molecule is Cn1c(-c2ccc(F)cc2)nn(CCNC(=O)CC2CCCC2)c1=O. The molecule has 0 bridgehead atoms. The molecule has 25 heavy (non-hydrogen) atoms. The van der Waals surface area contributed by atoms with E-state index < -0.39 is 0 Å². The van der Waals surface area contributed by atoms with Crippen LogP contribution in [0.15, 0.2) is 29.1 Å². The van der Waals surface area contributed by atoms with Gasteiger partial charge in [0, 0.05) is 25.6 Å². The first-order valence-corrected chi connectivity index (χ1v) is 8.71. The van der Waals surface area contributed by atoms with Gasteiger partial charge in [-0.15, -0.1) is 5.10 Å². The number of rotatable bonds is 6. The lowest BCUT2D eigenvalue weighted by Gasteiger charge is -2.09. The van der Waals surface area contributed by atoms with Crippen molar-refractivity contribution < 1.29 is 9.18 Å². The Kier molecular flexibility index (Phi) is 5.31. The lowest BCUT2D eigenvalue weighted by molar-refractivity contribution is -0.122. The highest BCUT2D eigenvalue weighted by Crippen LogP contribution is 2.27. The molecule has 2 aromatic rings. The smallest absolute Gasteiger partial charge is 0.345 e. The van der Waals surface area contributed by atoms with E-state index in [1.807, 2.05) is 0 Å². The number of amides is 1. The summed E-state index contributed by atoms with van der Waals surface area (Å²) < 4.78 is 15.8. The molecule has 134 valence electrons. The molecule has 1 aromatic heterocycles. The van der Waals surface area contributed by atoms with E-state index in [1.54, 1.807) is 19.2 Å². The van der Waals surface area contributed by atoms with E-state index in [0.29, 0.717) is 36.8 Å². The second-order valence-electron chi connectivity index (χ2n) is 6.60. The molecular weight excluding hydrogens is 323 g/mol. The Morgan fingerprint density at radius 3 is 2.64 bits per heavy atom. The van der Waals surface area contributed by atoms with Crippen molar-refractivity contribution in [1.29, 1.82) is 0 Å². The topological polar surface area (TPSA) is 68.9 Å². The van der Waals surface area contributed by atoms with Gasteiger partial charge in [0.25, 0.3) is 0 Å². The van der Waals surface area contributed by atoms with Crippen molar-refractivity contribution in [3.63, 3.8) is 0 Å². The Balaban J connectivity index is 1.59. The summed E-state index contributed by atoms with van der Waals surface area (Å²) in [6.45, 7) is 0.676. The van der Waals surface area contributed by atoms with Crippen molar-refractivity contribution in [2.45, 2.75) is 38.6 Å². The molecule has 0 spiro atoms. The summed E-state index contributed by atoms with van der Waals surface area (Å²) in [7, 11) is 1.63. The summed E-state index contributed by atoms with van der Waals surface area (Å²) in [6, 6.07) is 5.85. The highest BCUT2D eigenvalue weighted by atomic mass is 19.1. The average Bonchev–Trinajstić information content (AvgIpc) is 3.19. The van der Waals surface area contributed by atoms with Gasteiger partial charge < -0.3 is 5.32 Å². The van der Waals surface area contributed by atoms with Gasteiger partial charge in [0.05, 0.1) is 6.54 Å². The number of carbonyl (C=O) groups is 1. The zero-order chi connectivity index (χ0) is 17.8. The molecule has 0 unspecified atom stereocenters. The minimum atomic E-state index is -0.335. The van der Waals surface area contributed by atoms with Crippen LogP contribution in [0.3, 0.4) is 0 Å². The maximum atomic E-state index is 13.0. The second kappa shape index (κ2) is 7.63. The molecule has 1 amide bonds. The first-order chi connectivity index (χ1) is 12.0. The largest absolute Gasteiger partial charge is 0.354 e. The molecule has 1 aliphatic rings. The molecule has 1 fully saturated rings. The van der Waals surface area contributed by atoms with Gasteiger partial charge >= 0.3 is 5.69 Å². The molecular formula is C18H23FN4O2. The number of nitrogens with one attached hydrogen (secondary N) is 1. The zero-order valence-corrected chi connectivity index (χ0v) is 14.4. The molecule has 3 rings (SSSR count). The van der Waals surface area contributed by atoms with Crippen LogP contribution in [0.4, 0.5) is 4.39 Å². The number of benzene rings is 1. The van der Waals surface area contributed by atoms with E-state index in [2.05, 4.69) is 10.4 Å². The van der Waals surface area contributed by atoms with Gasteiger partial charge in [-0.1, -0.05) is 12.8 Å². The van der Waals surface area contributed by atoms with Gasteiger partial charge in [-0.05, 0) is 43.0 Å². The summed E-state index contributed by atoms with van der Waals surface area (Å²) in [6.07, 6.45) is 5.27. The van der Waals surface area contributed by atoms with Crippen LogP contribution in [0, 0.1) is 11.7 Å². The fourth-order valence-electron chi connectivity index (χ4n) is 3.33. The molecule has 1 saturated carbocycles. The predicted molar refractivity (Wildman–Crippen MR) is 92.4 cm³/mol. The van der Waals surface area contributed by atoms with Crippen LogP contribution >= 0.6 is 0 Å². The summed E-state index contributed by atoms with van der Waals surface area (Å²) >= 11 is 0. The Bertz CT molecular complexity index is 788. The molecule has 6 nitrogen and oxygen atoms in total. The third-order valence-electron chi connectivity index (χ3n) is 4.74. The van der Waals surface area contributed by atoms with E-state index in [0.717, 1.165) is 12.8 Å².